The third-order valence-corrected chi connectivity index (χ3v) is 5.74. The highest BCUT2D eigenvalue weighted by atomic mass is 16.4. The number of aliphatic carboxylic acids is 1. The van der Waals surface area contributed by atoms with Gasteiger partial charge in [-0.25, -0.2) is 9.97 Å². The predicted molar refractivity (Wildman–Crippen MR) is 88.9 cm³/mol. The molecule has 0 unspecified atom stereocenters. The number of fused-ring (bicyclic) bond motifs is 4. The van der Waals surface area contributed by atoms with Gasteiger partial charge in [0.15, 0.2) is 11.4 Å². The molecule has 1 aliphatic heterocycles. The average Bonchev–Trinajstić information content (AvgIpc) is 3.24. The van der Waals surface area contributed by atoms with Gasteiger partial charge in [-0.1, -0.05) is 18.6 Å². The van der Waals surface area contributed by atoms with Crippen LogP contribution in [0.5, 0.6) is 0 Å². The van der Waals surface area contributed by atoms with Crippen LogP contribution in [0.1, 0.15) is 19.3 Å². The minimum Gasteiger partial charge on any atom is -0.481 e. The molecule has 6 nitrogen and oxygen atoms in total. The summed E-state index contributed by atoms with van der Waals surface area (Å²) in [6, 6.07) is 7.78. The Morgan fingerprint density at radius 3 is 3.04 bits per heavy atom. The first-order valence-corrected chi connectivity index (χ1v) is 8.30. The molecule has 6 heteroatoms. The van der Waals surface area contributed by atoms with Gasteiger partial charge < -0.3 is 14.4 Å². The topological polar surface area (TPSA) is 79.5 Å². The first-order valence-electron chi connectivity index (χ1n) is 8.30. The molecule has 5 rings (SSSR count). The Morgan fingerprint density at radius 2 is 2.21 bits per heavy atom. The highest BCUT2D eigenvalue weighted by Crippen LogP contribution is 2.50. The van der Waals surface area contributed by atoms with Crippen LogP contribution in [-0.2, 0) is 4.79 Å². The molecule has 0 radical (unpaired) electrons. The highest BCUT2D eigenvalue weighted by Gasteiger charge is 2.55. The Labute approximate surface area is 138 Å². The van der Waals surface area contributed by atoms with Crippen LogP contribution < -0.4 is 4.90 Å². The van der Waals surface area contributed by atoms with Crippen LogP contribution in [0.25, 0.3) is 22.1 Å². The van der Waals surface area contributed by atoms with E-state index in [0.29, 0.717) is 17.9 Å². The molecule has 1 saturated carbocycles. The van der Waals surface area contributed by atoms with Gasteiger partial charge in [0.2, 0.25) is 0 Å². The first kappa shape index (κ1) is 13.8. The molecule has 24 heavy (non-hydrogen) atoms. The van der Waals surface area contributed by atoms with E-state index >= 15 is 0 Å². The van der Waals surface area contributed by atoms with E-state index in [1.807, 2.05) is 24.3 Å². The summed E-state index contributed by atoms with van der Waals surface area (Å²) in [6.07, 6.45) is 4.25. The number of nitrogens with zero attached hydrogens (tertiary/aromatic N) is 3. The van der Waals surface area contributed by atoms with E-state index in [9.17, 15) is 9.90 Å². The van der Waals surface area contributed by atoms with Gasteiger partial charge in [0, 0.05) is 18.5 Å². The van der Waals surface area contributed by atoms with Crippen molar-refractivity contribution in [2.45, 2.75) is 19.3 Å². The summed E-state index contributed by atoms with van der Waals surface area (Å²) in [7, 11) is 0. The summed E-state index contributed by atoms with van der Waals surface area (Å²) in [5, 5.41) is 10.7. The molecule has 122 valence electrons. The third-order valence-electron chi connectivity index (χ3n) is 5.74. The monoisotopic (exact) mass is 323 g/mol. The minimum absolute atomic E-state index is 0.185. The van der Waals surface area contributed by atoms with Gasteiger partial charge >= 0.3 is 5.97 Å². The normalized spacial score (nSPS) is 26.3. The Bertz CT molecular complexity index is 966. The van der Waals surface area contributed by atoms with Crippen LogP contribution >= 0.6 is 0 Å². The predicted octanol–water partition coefficient (Wildman–Crippen LogP) is 3.07. The van der Waals surface area contributed by atoms with Gasteiger partial charge in [-0.05, 0) is 30.9 Å². The minimum atomic E-state index is -0.678. The summed E-state index contributed by atoms with van der Waals surface area (Å²) in [4.78, 5) is 22.8. The van der Waals surface area contributed by atoms with Crippen molar-refractivity contribution in [1.29, 1.82) is 0 Å². The van der Waals surface area contributed by atoms with Gasteiger partial charge in [-0.15, -0.1) is 0 Å². The lowest BCUT2D eigenvalue weighted by molar-refractivity contribution is -0.149. The molecule has 2 fully saturated rings. The maximum absolute atomic E-state index is 11.9. The number of aromatic nitrogens is 2. The Morgan fingerprint density at radius 1 is 1.33 bits per heavy atom. The van der Waals surface area contributed by atoms with Crippen molar-refractivity contribution < 1.29 is 14.3 Å². The molecular formula is C18H17N3O3. The van der Waals surface area contributed by atoms with E-state index in [2.05, 4.69) is 14.9 Å². The Kier molecular flexibility index (Phi) is 2.69. The van der Waals surface area contributed by atoms with Gasteiger partial charge in [0.1, 0.15) is 17.4 Å². The zero-order valence-electron chi connectivity index (χ0n) is 13.1. The molecule has 3 aromatic rings. The van der Waals surface area contributed by atoms with Crippen molar-refractivity contribution >= 4 is 33.9 Å². The number of furan rings is 1. The zero-order valence-corrected chi connectivity index (χ0v) is 13.1. The summed E-state index contributed by atoms with van der Waals surface area (Å²) in [5.41, 5.74) is 1.58. The molecule has 1 aromatic carbocycles. The van der Waals surface area contributed by atoms with Gasteiger partial charge in [0.05, 0.1) is 5.41 Å². The maximum Gasteiger partial charge on any atom is 0.311 e. The van der Waals surface area contributed by atoms with Crippen LogP contribution in [0, 0.1) is 11.3 Å². The first-order chi connectivity index (χ1) is 11.7. The molecule has 1 aliphatic carbocycles. The number of anilines is 1. The number of benzene rings is 1. The number of carbonyl (C=O) groups is 1. The highest BCUT2D eigenvalue weighted by molar-refractivity contribution is 6.05. The fraction of sp³-hybridized carbons (Fsp3) is 0.389. The number of carboxylic acids is 1. The number of carboxylic acid groups (broad SMARTS) is 1. The Hall–Kier alpha value is -2.63. The molecule has 1 N–H and O–H groups in total. The smallest absolute Gasteiger partial charge is 0.311 e. The van der Waals surface area contributed by atoms with Crippen molar-refractivity contribution in [3.05, 3.63) is 30.6 Å². The fourth-order valence-corrected chi connectivity index (χ4v) is 4.54. The molecule has 0 bridgehead atoms. The maximum atomic E-state index is 11.9. The number of hydrogen-bond donors (Lipinski definition) is 1. The van der Waals surface area contributed by atoms with Crippen LogP contribution in [0.15, 0.2) is 35.0 Å². The number of hydrogen-bond acceptors (Lipinski definition) is 5. The molecule has 2 atom stereocenters. The van der Waals surface area contributed by atoms with E-state index in [1.54, 1.807) is 6.33 Å². The fourth-order valence-electron chi connectivity index (χ4n) is 4.54. The SMILES string of the molecule is O=C(O)[C@@]12CCC[C@H]1CN(c1ncnc3c1oc1ccccc13)C2. The summed E-state index contributed by atoms with van der Waals surface area (Å²) in [6.45, 7) is 1.21. The number of para-hydroxylation sites is 1. The molecule has 0 amide bonds. The molecule has 2 aliphatic rings. The molecular weight excluding hydrogens is 306 g/mol. The second kappa shape index (κ2) is 4.69. The van der Waals surface area contributed by atoms with Crippen LogP contribution in [0.3, 0.4) is 0 Å². The molecule has 2 aromatic heterocycles. The van der Waals surface area contributed by atoms with Crippen molar-refractivity contribution in [3.8, 4) is 0 Å². The summed E-state index contributed by atoms with van der Waals surface area (Å²) in [5.74, 6) is 0.220. The second-order valence-corrected chi connectivity index (χ2v) is 6.90. The molecule has 3 heterocycles. The second-order valence-electron chi connectivity index (χ2n) is 6.90. The van der Waals surface area contributed by atoms with Crippen molar-refractivity contribution in [2.75, 3.05) is 18.0 Å². The molecule has 1 saturated heterocycles. The van der Waals surface area contributed by atoms with E-state index in [1.165, 1.54) is 0 Å². The Balaban J connectivity index is 1.64. The zero-order chi connectivity index (χ0) is 16.3. The lowest BCUT2D eigenvalue weighted by Gasteiger charge is -2.23. The average molecular weight is 323 g/mol. The summed E-state index contributed by atoms with van der Waals surface area (Å²) < 4.78 is 6.00. The van der Waals surface area contributed by atoms with E-state index in [0.717, 1.165) is 42.3 Å². The van der Waals surface area contributed by atoms with Crippen molar-refractivity contribution in [3.63, 3.8) is 0 Å². The lowest BCUT2D eigenvalue weighted by Crippen LogP contribution is -2.35. The van der Waals surface area contributed by atoms with Crippen LogP contribution in [0.4, 0.5) is 5.82 Å². The van der Waals surface area contributed by atoms with Crippen molar-refractivity contribution in [2.24, 2.45) is 11.3 Å². The largest absolute Gasteiger partial charge is 0.481 e. The van der Waals surface area contributed by atoms with Gasteiger partial charge in [-0.2, -0.15) is 0 Å². The molecule has 0 spiro atoms. The van der Waals surface area contributed by atoms with E-state index < -0.39 is 11.4 Å². The quantitative estimate of drug-likeness (QED) is 0.781. The third kappa shape index (κ3) is 1.68. The number of rotatable bonds is 2. The van der Waals surface area contributed by atoms with Gasteiger partial charge in [-0.3, -0.25) is 4.79 Å². The van der Waals surface area contributed by atoms with Crippen molar-refractivity contribution in [1.82, 2.24) is 9.97 Å². The van der Waals surface area contributed by atoms with Gasteiger partial charge in [0.25, 0.3) is 0 Å². The van der Waals surface area contributed by atoms with Crippen LogP contribution in [-0.4, -0.2) is 34.1 Å². The standard InChI is InChI=1S/C18H17N3O3/c22-17(23)18-7-3-4-11(18)8-21(9-18)16-15-14(19-10-20-16)12-5-1-2-6-13(12)24-15/h1-2,5-6,10-11H,3-4,7-9H2,(H,22,23)/t11-,18+/m0/s1. The van der Waals surface area contributed by atoms with E-state index in [-0.39, 0.29) is 5.92 Å². The summed E-state index contributed by atoms with van der Waals surface area (Å²) >= 11 is 0. The van der Waals surface area contributed by atoms with Crippen LogP contribution in [0.2, 0.25) is 0 Å². The lowest BCUT2D eigenvalue weighted by atomic mass is 9.81. The van der Waals surface area contributed by atoms with E-state index in [4.69, 9.17) is 4.42 Å².